The molecule has 3 rings (SSSR count). The Kier molecular flexibility index (Phi) is 6.85. The number of aryl methyl sites for hydroxylation is 2. The number of rotatable bonds is 8. The summed E-state index contributed by atoms with van der Waals surface area (Å²) in [6.45, 7) is 1.75. The fraction of sp³-hybridized carbons (Fsp3) is 0.217. The number of carbonyl (C=O) groups excluding carboxylic acids is 2. The third-order valence-electron chi connectivity index (χ3n) is 4.47. The summed E-state index contributed by atoms with van der Waals surface area (Å²) >= 11 is 0. The number of benzene rings is 2. The van der Waals surface area contributed by atoms with Crippen molar-refractivity contribution in [2.45, 2.75) is 19.8 Å². The minimum absolute atomic E-state index is 0.144. The smallest absolute Gasteiger partial charge is 0.243 e. The van der Waals surface area contributed by atoms with Crippen LogP contribution in [0.15, 0.2) is 59.0 Å². The van der Waals surface area contributed by atoms with E-state index in [9.17, 15) is 14.0 Å². The molecule has 0 aliphatic carbocycles. The first-order chi connectivity index (χ1) is 14.5. The first-order valence-corrected chi connectivity index (χ1v) is 9.51. The quantitative estimate of drug-likeness (QED) is 0.586. The molecule has 0 radical (unpaired) electrons. The summed E-state index contributed by atoms with van der Waals surface area (Å²) < 4.78 is 24.7. The highest BCUT2D eigenvalue weighted by Gasteiger charge is 2.12. The van der Waals surface area contributed by atoms with Crippen molar-refractivity contribution in [3.8, 4) is 17.1 Å². The highest BCUT2D eigenvalue weighted by molar-refractivity contribution is 5.95. The normalized spacial score (nSPS) is 10.5. The molecule has 2 aromatic carbocycles. The fourth-order valence-electron chi connectivity index (χ4n) is 2.94. The fourth-order valence-corrected chi connectivity index (χ4v) is 2.94. The van der Waals surface area contributed by atoms with Crippen LogP contribution in [-0.4, -0.2) is 25.5 Å². The van der Waals surface area contributed by atoms with E-state index in [1.807, 2.05) is 13.0 Å². The van der Waals surface area contributed by atoms with E-state index in [0.717, 1.165) is 5.56 Å². The van der Waals surface area contributed by atoms with Crippen molar-refractivity contribution in [1.82, 2.24) is 5.32 Å². The zero-order chi connectivity index (χ0) is 21.5. The molecule has 7 heteroatoms. The SMILES string of the molecule is COc1ccc(C)cc1NC(=O)CNC(=O)CCc1ccc(-c2ccccc2F)o1. The van der Waals surface area contributed by atoms with E-state index in [1.165, 1.54) is 13.2 Å². The average Bonchev–Trinajstić information content (AvgIpc) is 3.20. The van der Waals surface area contributed by atoms with Crippen molar-refractivity contribution >= 4 is 17.5 Å². The van der Waals surface area contributed by atoms with Gasteiger partial charge in [-0.2, -0.15) is 0 Å². The maximum absolute atomic E-state index is 13.8. The number of amides is 2. The minimum Gasteiger partial charge on any atom is -0.495 e. The number of halogens is 1. The van der Waals surface area contributed by atoms with Crippen LogP contribution < -0.4 is 15.4 Å². The second kappa shape index (κ2) is 9.73. The molecule has 0 bridgehead atoms. The molecule has 0 aliphatic rings. The molecule has 0 fully saturated rings. The Morgan fingerprint density at radius 2 is 1.87 bits per heavy atom. The van der Waals surface area contributed by atoms with E-state index < -0.39 is 0 Å². The maximum Gasteiger partial charge on any atom is 0.243 e. The Hall–Kier alpha value is -3.61. The first-order valence-electron chi connectivity index (χ1n) is 9.51. The molecule has 2 amide bonds. The highest BCUT2D eigenvalue weighted by Crippen LogP contribution is 2.26. The number of carbonyl (C=O) groups is 2. The Morgan fingerprint density at radius 3 is 2.63 bits per heavy atom. The number of hydrogen-bond acceptors (Lipinski definition) is 4. The molecule has 0 spiro atoms. The van der Waals surface area contributed by atoms with Crippen LogP contribution in [-0.2, 0) is 16.0 Å². The number of methoxy groups -OCH3 is 1. The molecule has 156 valence electrons. The van der Waals surface area contributed by atoms with Gasteiger partial charge in [0, 0.05) is 12.8 Å². The molecule has 1 heterocycles. The van der Waals surface area contributed by atoms with Gasteiger partial charge in [-0.3, -0.25) is 9.59 Å². The summed E-state index contributed by atoms with van der Waals surface area (Å²) in [5, 5.41) is 5.30. The molecule has 30 heavy (non-hydrogen) atoms. The summed E-state index contributed by atoms with van der Waals surface area (Å²) in [5.74, 6) is 0.515. The molecule has 0 atom stereocenters. The summed E-state index contributed by atoms with van der Waals surface area (Å²) in [7, 11) is 1.52. The predicted molar refractivity (Wildman–Crippen MR) is 112 cm³/mol. The zero-order valence-electron chi connectivity index (χ0n) is 16.8. The standard InChI is InChI=1S/C23H23FN2O4/c1-15-7-10-21(29-2)19(13-15)26-23(28)14-25-22(27)12-9-16-8-11-20(30-16)17-5-3-4-6-18(17)24/h3-8,10-11,13H,9,12,14H2,1-2H3,(H,25,27)(H,26,28). The molecule has 6 nitrogen and oxygen atoms in total. The van der Waals surface area contributed by atoms with Crippen molar-refractivity contribution < 1.29 is 23.1 Å². The highest BCUT2D eigenvalue weighted by atomic mass is 19.1. The van der Waals surface area contributed by atoms with Crippen molar-refractivity contribution in [1.29, 1.82) is 0 Å². The van der Waals surface area contributed by atoms with Gasteiger partial charge >= 0.3 is 0 Å². The second-order valence-corrected chi connectivity index (χ2v) is 6.77. The predicted octanol–water partition coefficient (Wildman–Crippen LogP) is 4.09. The van der Waals surface area contributed by atoms with E-state index in [0.29, 0.717) is 34.9 Å². The van der Waals surface area contributed by atoms with E-state index in [2.05, 4.69) is 10.6 Å². The third kappa shape index (κ3) is 5.47. The Labute approximate surface area is 174 Å². The lowest BCUT2D eigenvalue weighted by atomic mass is 10.1. The lowest BCUT2D eigenvalue weighted by Crippen LogP contribution is -2.33. The minimum atomic E-state index is -0.368. The average molecular weight is 410 g/mol. The van der Waals surface area contributed by atoms with E-state index in [-0.39, 0.29) is 30.6 Å². The number of ether oxygens (including phenoxy) is 1. The molecule has 0 aliphatic heterocycles. The summed E-state index contributed by atoms with van der Waals surface area (Å²) in [6.07, 6.45) is 0.485. The molecular formula is C23H23FN2O4. The molecular weight excluding hydrogens is 387 g/mol. The van der Waals surface area contributed by atoms with Gasteiger partial charge in [-0.05, 0) is 48.9 Å². The second-order valence-electron chi connectivity index (χ2n) is 6.77. The first kappa shape index (κ1) is 21.1. The van der Waals surface area contributed by atoms with Gasteiger partial charge in [-0.1, -0.05) is 18.2 Å². The van der Waals surface area contributed by atoms with Crippen LogP contribution in [0, 0.1) is 12.7 Å². The molecule has 2 N–H and O–H groups in total. The van der Waals surface area contributed by atoms with E-state index in [4.69, 9.17) is 9.15 Å². The van der Waals surface area contributed by atoms with Crippen molar-refractivity contribution in [2.75, 3.05) is 19.0 Å². The monoisotopic (exact) mass is 410 g/mol. The van der Waals surface area contributed by atoms with Gasteiger partial charge in [0.1, 0.15) is 23.1 Å². The van der Waals surface area contributed by atoms with Crippen molar-refractivity contribution in [2.24, 2.45) is 0 Å². The number of nitrogens with one attached hydrogen (secondary N) is 2. The van der Waals surface area contributed by atoms with Gasteiger partial charge in [-0.15, -0.1) is 0 Å². The van der Waals surface area contributed by atoms with Crippen LogP contribution in [0.4, 0.5) is 10.1 Å². The maximum atomic E-state index is 13.8. The summed E-state index contributed by atoms with van der Waals surface area (Å²) in [6, 6.07) is 15.2. The molecule has 1 aromatic heterocycles. The molecule has 3 aromatic rings. The number of furan rings is 1. The molecule has 0 saturated carbocycles. The van der Waals surface area contributed by atoms with Gasteiger partial charge < -0.3 is 19.8 Å². The van der Waals surface area contributed by atoms with Crippen LogP contribution in [0.2, 0.25) is 0 Å². The lowest BCUT2D eigenvalue weighted by molar-refractivity contribution is -0.124. The third-order valence-corrected chi connectivity index (χ3v) is 4.47. The van der Waals surface area contributed by atoms with Gasteiger partial charge in [0.15, 0.2) is 0 Å². The van der Waals surface area contributed by atoms with Crippen LogP contribution in [0.5, 0.6) is 5.75 Å². The van der Waals surface area contributed by atoms with Crippen molar-refractivity contribution in [3.05, 3.63) is 71.7 Å². The zero-order valence-corrected chi connectivity index (χ0v) is 16.8. The molecule has 0 unspecified atom stereocenters. The summed E-state index contributed by atoms with van der Waals surface area (Å²) in [5.41, 5.74) is 1.90. The van der Waals surface area contributed by atoms with Crippen LogP contribution in [0.1, 0.15) is 17.7 Å². The van der Waals surface area contributed by atoms with Crippen molar-refractivity contribution in [3.63, 3.8) is 0 Å². The summed E-state index contributed by atoms with van der Waals surface area (Å²) in [4.78, 5) is 24.2. The Balaban J connectivity index is 1.47. The Morgan fingerprint density at radius 1 is 1.07 bits per heavy atom. The Bertz CT molecular complexity index is 1050. The lowest BCUT2D eigenvalue weighted by Gasteiger charge is -2.11. The van der Waals surface area contributed by atoms with E-state index >= 15 is 0 Å². The van der Waals surface area contributed by atoms with Crippen LogP contribution in [0.25, 0.3) is 11.3 Å². The topological polar surface area (TPSA) is 80.6 Å². The van der Waals surface area contributed by atoms with Gasteiger partial charge in [0.2, 0.25) is 11.8 Å². The molecule has 0 saturated heterocycles. The van der Waals surface area contributed by atoms with Gasteiger partial charge in [-0.25, -0.2) is 4.39 Å². The van der Waals surface area contributed by atoms with Gasteiger partial charge in [0.05, 0.1) is 24.9 Å². The number of hydrogen-bond donors (Lipinski definition) is 2. The van der Waals surface area contributed by atoms with E-state index in [1.54, 1.807) is 42.5 Å². The van der Waals surface area contributed by atoms with Crippen LogP contribution in [0.3, 0.4) is 0 Å². The van der Waals surface area contributed by atoms with Gasteiger partial charge in [0.25, 0.3) is 0 Å². The largest absolute Gasteiger partial charge is 0.495 e. The van der Waals surface area contributed by atoms with Crippen LogP contribution >= 0.6 is 0 Å². The number of anilines is 1.